The zero-order valence-corrected chi connectivity index (χ0v) is 12.0. The van der Waals surface area contributed by atoms with Crippen LogP contribution in [0.2, 0.25) is 0 Å². The van der Waals surface area contributed by atoms with Gasteiger partial charge in [0.2, 0.25) is 5.82 Å². The van der Waals surface area contributed by atoms with Gasteiger partial charge in [0.15, 0.2) is 5.69 Å². The minimum Gasteiger partial charge on any atom is -0.358 e. The van der Waals surface area contributed by atoms with Gasteiger partial charge in [0.25, 0.3) is 5.89 Å². The molecule has 11 heteroatoms. The molecule has 0 bridgehead atoms. The van der Waals surface area contributed by atoms with E-state index in [4.69, 9.17) is 4.52 Å². The summed E-state index contributed by atoms with van der Waals surface area (Å²) in [6.45, 7) is 0. The number of nitrogens with zero attached hydrogens (tertiary/aromatic N) is 5. The summed E-state index contributed by atoms with van der Waals surface area (Å²) in [4.78, 5) is 14.1. The Hall–Kier alpha value is -3.24. The molecule has 2 aromatic heterocycles. The third-order valence-electron chi connectivity index (χ3n) is 3.17. The lowest BCUT2D eigenvalue weighted by Gasteiger charge is -2.05. The van der Waals surface area contributed by atoms with Crippen molar-refractivity contribution in [2.24, 2.45) is 7.05 Å². The Morgan fingerprint density at radius 2 is 1.92 bits per heavy atom. The van der Waals surface area contributed by atoms with Crippen LogP contribution in [0, 0.1) is 10.1 Å². The van der Waals surface area contributed by atoms with Gasteiger partial charge in [0.05, 0.1) is 23.8 Å². The standard InChI is InChI=1S/C13H8F3N5O3/c1-20-9(6-10(18-20)21(22)23)12-17-11(19-24-12)7-2-4-8(5-3-7)13(14,15)16/h2-6H,1H3. The molecule has 0 aliphatic heterocycles. The van der Waals surface area contributed by atoms with Crippen LogP contribution in [0.5, 0.6) is 0 Å². The van der Waals surface area contributed by atoms with Crippen molar-refractivity contribution in [2.75, 3.05) is 0 Å². The van der Waals surface area contributed by atoms with E-state index in [1.54, 1.807) is 0 Å². The summed E-state index contributed by atoms with van der Waals surface area (Å²) < 4.78 is 43.8. The van der Waals surface area contributed by atoms with Gasteiger partial charge in [-0.1, -0.05) is 17.3 Å². The third kappa shape index (κ3) is 2.83. The second-order valence-electron chi connectivity index (χ2n) is 4.77. The summed E-state index contributed by atoms with van der Waals surface area (Å²) >= 11 is 0. The summed E-state index contributed by atoms with van der Waals surface area (Å²) in [6.07, 6.45) is -4.44. The number of aromatic nitrogens is 4. The predicted octanol–water partition coefficient (Wildman–Crippen LogP) is 3.06. The van der Waals surface area contributed by atoms with Crippen molar-refractivity contribution in [2.45, 2.75) is 6.18 Å². The maximum Gasteiger partial charge on any atom is 0.416 e. The SMILES string of the molecule is Cn1nc([N+](=O)[O-])cc1-c1nc(-c2ccc(C(F)(F)F)cc2)no1. The Kier molecular flexibility index (Phi) is 3.55. The van der Waals surface area contributed by atoms with Gasteiger partial charge in [-0.15, -0.1) is 0 Å². The lowest BCUT2D eigenvalue weighted by atomic mass is 10.1. The molecular weight excluding hydrogens is 331 g/mol. The van der Waals surface area contributed by atoms with E-state index in [9.17, 15) is 23.3 Å². The van der Waals surface area contributed by atoms with Crippen LogP contribution in [0.1, 0.15) is 5.56 Å². The number of hydrogen-bond acceptors (Lipinski definition) is 6. The number of benzene rings is 1. The van der Waals surface area contributed by atoms with Gasteiger partial charge in [-0.2, -0.15) is 22.8 Å². The topological polar surface area (TPSA) is 99.9 Å². The molecule has 0 unspecified atom stereocenters. The molecule has 0 fully saturated rings. The van der Waals surface area contributed by atoms with E-state index in [1.165, 1.54) is 23.9 Å². The fourth-order valence-electron chi connectivity index (χ4n) is 1.99. The maximum absolute atomic E-state index is 12.5. The van der Waals surface area contributed by atoms with E-state index in [-0.39, 0.29) is 23.2 Å². The van der Waals surface area contributed by atoms with Crippen LogP contribution in [0.25, 0.3) is 23.0 Å². The largest absolute Gasteiger partial charge is 0.416 e. The van der Waals surface area contributed by atoms with Crippen LogP contribution >= 0.6 is 0 Å². The minimum absolute atomic E-state index is 0.0343. The normalized spacial score (nSPS) is 11.7. The van der Waals surface area contributed by atoms with Gasteiger partial charge >= 0.3 is 12.0 Å². The van der Waals surface area contributed by atoms with E-state index in [2.05, 4.69) is 15.2 Å². The number of alkyl halides is 3. The van der Waals surface area contributed by atoms with Gasteiger partial charge in [0, 0.05) is 5.56 Å². The maximum atomic E-state index is 12.5. The molecule has 3 aromatic rings. The second-order valence-corrected chi connectivity index (χ2v) is 4.77. The van der Waals surface area contributed by atoms with Crippen LogP contribution in [0.4, 0.5) is 19.0 Å². The lowest BCUT2D eigenvalue weighted by Crippen LogP contribution is -2.04. The van der Waals surface area contributed by atoms with Crippen molar-refractivity contribution in [3.63, 3.8) is 0 Å². The van der Waals surface area contributed by atoms with Crippen molar-refractivity contribution in [3.05, 3.63) is 46.0 Å². The summed E-state index contributed by atoms with van der Waals surface area (Å²) in [5.74, 6) is -0.364. The highest BCUT2D eigenvalue weighted by Crippen LogP contribution is 2.31. The highest BCUT2D eigenvalue weighted by Gasteiger charge is 2.30. The molecule has 0 atom stereocenters. The van der Waals surface area contributed by atoms with Crippen LogP contribution in [-0.4, -0.2) is 24.8 Å². The van der Waals surface area contributed by atoms with Crippen molar-refractivity contribution in [3.8, 4) is 23.0 Å². The van der Waals surface area contributed by atoms with Crippen LogP contribution in [0.3, 0.4) is 0 Å². The lowest BCUT2D eigenvalue weighted by molar-refractivity contribution is -0.389. The van der Waals surface area contributed by atoms with E-state index >= 15 is 0 Å². The van der Waals surface area contributed by atoms with E-state index in [0.717, 1.165) is 18.2 Å². The van der Waals surface area contributed by atoms with Gasteiger partial charge in [0.1, 0.15) is 0 Å². The Labute approximate surface area is 131 Å². The highest BCUT2D eigenvalue weighted by atomic mass is 19.4. The molecule has 2 heterocycles. The Morgan fingerprint density at radius 1 is 1.25 bits per heavy atom. The first-order chi connectivity index (χ1) is 11.3. The fourth-order valence-corrected chi connectivity index (χ4v) is 1.99. The van der Waals surface area contributed by atoms with Gasteiger partial charge in [-0.05, 0) is 17.1 Å². The van der Waals surface area contributed by atoms with Crippen LogP contribution in [0.15, 0.2) is 34.9 Å². The number of aryl methyl sites for hydroxylation is 1. The molecule has 0 spiro atoms. The monoisotopic (exact) mass is 339 g/mol. The zero-order valence-electron chi connectivity index (χ0n) is 12.0. The van der Waals surface area contributed by atoms with Gasteiger partial charge in [-0.3, -0.25) is 0 Å². The second kappa shape index (κ2) is 5.44. The summed E-state index contributed by atoms with van der Waals surface area (Å²) in [5.41, 5.74) is -0.265. The average Bonchev–Trinajstić information content (AvgIpc) is 3.13. The minimum atomic E-state index is -4.44. The summed E-state index contributed by atoms with van der Waals surface area (Å²) in [6, 6.07) is 5.39. The molecular formula is C13H8F3N5O3. The Bertz CT molecular complexity index is 898. The van der Waals surface area contributed by atoms with Crippen molar-refractivity contribution < 1.29 is 22.6 Å². The molecule has 0 aliphatic carbocycles. The van der Waals surface area contributed by atoms with Crippen LogP contribution in [-0.2, 0) is 13.2 Å². The molecule has 1 aromatic carbocycles. The van der Waals surface area contributed by atoms with Crippen LogP contribution < -0.4 is 0 Å². The first kappa shape index (κ1) is 15.6. The number of nitro groups is 1. The summed E-state index contributed by atoms with van der Waals surface area (Å²) in [7, 11) is 1.46. The quantitative estimate of drug-likeness (QED) is 0.537. The molecule has 3 rings (SSSR count). The molecule has 124 valence electrons. The van der Waals surface area contributed by atoms with Crippen molar-refractivity contribution >= 4 is 5.82 Å². The van der Waals surface area contributed by atoms with E-state index in [0.29, 0.717) is 5.56 Å². The van der Waals surface area contributed by atoms with Gasteiger partial charge in [-0.25, -0.2) is 0 Å². The highest BCUT2D eigenvalue weighted by molar-refractivity contribution is 5.59. The molecule has 0 N–H and O–H groups in total. The molecule has 0 saturated heterocycles. The first-order valence-electron chi connectivity index (χ1n) is 6.46. The number of hydrogen-bond donors (Lipinski definition) is 0. The molecule has 0 amide bonds. The third-order valence-corrected chi connectivity index (χ3v) is 3.17. The number of halogens is 3. The molecule has 0 saturated carbocycles. The summed E-state index contributed by atoms with van der Waals surface area (Å²) in [5, 5.41) is 18.1. The van der Waals surface area contributed by atoms with Gasteiger partial charge < -0.3 is 14.6 Å². The average molecular weight is 339 g/mol. The Morgan fingerprint density at radius 3 is 2.46 bits per heavy atom. The molecule has 24 heavy (non-hydrogen) atoms. The number of rotatable bonds is 3. The van der Waals surface area contributed by atoms with E-state index in [1.807, 2.05) is 0 Å². The predicted molar refractivity (Wildman–Crippen MR) is 73.6 cm³/mol. The fraction of sp³-hybridized carbons (Fsp3) is 0.154. The Balaban J connectivity index is 1.92. The van der Waals surface area contributed by atoms with Crippen molar-refractivity contribution in [1.82, 2.24) is 19.9 Å². The molecule has 0 aliphatic rings. The molecule has 0 radical (unpaired) electrons. The van der Waals surface area contributed by atoms with Crippen molar-refractivity contribution in [1.29, 1.82) is 0 Å². The van der Waals surface area contributed by atoms with E-state index < -0.39 is 16.7 Å². The zero-order chi connectivity index (χ0) is 17.5. The molecule has 8 nitrogen and oxygen atoms in total. The first-order valence-corrected chi connectivity index (χ1v) is 6.46. The smallest absolute Gasteiger partial charge is 0.358 e.